The molecule has 0 aromatic heterocycles. The van der Waals surface area contributed by atoms with Crippen molar-refractivity contribution in [1.82, 2.24) is 0 Å². The first kappa shape index (κ1) is 3.65. The van der Waals surface area contributed by atoms with E-state index >= 15 is 0 Å². The zero-order valence-electron chi connectivity index (χ0n) is 3.72. The van der Waals surface area contributed by atoms with E-state index in [1.54, 1.807) is 6.21 Å². The van der Waals surface area contributed by atoms with Gasteiger partial charge >= 0.3 is 0 Å². The Morgan fingerprint density at radius 1 is 2.00 bits per heavy atom. The monoisotopic (exact) mass is 85.1 g/mol. The highest BCUT2D eigenvalue weighted by molar-refractivity contribution is 5.58. The van der Waals surface area contributed by atoms with Crippen LogP contribution in [-0.4, -0.2) is 12.3 Å². The summed E-state index contributed by atoms with van der Waals surface area (Å²) in [7, 11) is 0. The molecule has 1 aliphatic heterocycles. The van der Waals surface area contributed by atoms with Gasteiger partial charge in [-0.05, 0) is 6.92 Å². The Morgan fingerprint density at radius 2 is 2.83 bits per heavy atom. The lowest BCUT2D eigenvalue weighted by atomic mass is 10.3. The summed E-state index contributed by atoms with van der Waals surface area (Å²) in [5.74, 6) is 0. The van der Waals surface area contributed by atoms with Crippen LogP contribution in [0, 0.1) is 0 Å². The zero-order valence-corrected chi connectivity index (χ0v) is 3.72. The van der Waals surface area contributed by atoms with Gasteiger partial charge in [0.1, 0.15) is 6.10 Å². The predicted octanol–water partition coefficient (Wildman–Crippen LogP) is 0.781. The number of hydrogen-bond acceptors (Lipinski definition) is 2. The number of rotatable bonds is 0. The van der Waals surface area contributed by atoms with Crippen LogP contribution in [0.1, 0.15) is 13.3 Å². The van der Waals surface area contributed by atoms with Crippen molar-refractivity contribution in [1.29, 1.82) is 0 Å². The summed E-state index contributed by atoms with van der Waals surface area (Å²) in [5.41, 5.74) is 0. The van der Waals surface area contributed by atoms with Crippen LogP contribution in [0.3, 0.4) is 0 Å². The molecule has 2 heteroatoms. The number of nitrogens with zero attached hydrogens (tertiary/aromatic N) is 1. The van der Waals surface area contributed by atoms with Crippen LogP contribution in [0.15, 0.2) is 5.16 Å². The molecule has 0 radical (unpaired) electrons. The van der Waals surface area contributed by atoms with Gasteiger partial charge in [-0.3, -0.25) is 0 Å². The second-order valence-electron chi connectivity index (χ2n) is 1.44. The standard InChI is InChI=1S/C4H7NO/c1-4-2-3-5-6-4/h3-4H,2H2,1H3. The van der Waals surface area contributed by atoms with Crippen LogP contribution >= 0.6 is 0 Å². The van der Waals surface area contributed by atoms with Crippen molar-refractivity contribution in [2.75, 3.05) is 0 Å². The molecule has 6 heavy (non-hydrogen) atoms. The van der Waals surface area contributed by atoms with Gasteiger partial charge in [0, 0.05) is 12.6 Å². The predicted molar refractivity (Wildman–Crippen MR) is 23.7 cm³/mol. The third-order valence-electron chi connectivity index (χ3n) is 0.753. The van der Waals surface area contributed by atoms with E-state index in [0.717, 1.165) is 6.42 Å². The van der Waals surface area contributed by atoms with E-state index in [0.29, 0.717) is 6.10 Å². The van der Waals surface area contributed by atoms with E-state index in [9.17, 15) is 0 Å². The van der Waals surface area contributed by atoms with Crippen molar-refractivity contribution in [3.63, 3.8) is 0 Å². The lowest BCUT2D eigenvalue weighted by Crippen LogP contribution is -1.94. The van der Waals surface area contributed by atoms with Gasteiger partial charge in [0.25, 0.3) is 0 Å². The molecule has 2 nitrogen and oxygen atoms in total. The third kappa shape index (κ3) is 0.506. The highest BCUT2D eigenvalue weighted by Crippen LogP contribution is 2.00. The Hall–Kier alpha value is -0.530. The quantitative estimate of drug-likeness (QED) is 0.426. The second kappa shape index (κ2) is 1.29. The Kier molecular flexibility index (Phi) is 0.783. The van der Waals surface area contributed by atoms with E-state index in [-0.39, 0.29) is 0 Å². The summed E-state index contributed by atoms with van der Waals surface area (Å²) in [4.78, 5) is 4.72. The summed E-state index contributed by atoms with van der Waals surface area (Å²) in [6.07, 6.45) is 3.08. The maximum Gasteiger partial charge on any atom is 0.129 e. The Morgan fingerprint density at radius 3 is 3.00 bits per heavy atom. The Bertz CT molecular complexity index is 61.9. The SMILES string of the molecule is CC1CC=NO1. The number of oxime groups is 1. The van der Waals surface area contributed by atoms with Gasteiger partial charge < -0.3 is 4.84 Å². The van der Waals surface area contributed by atoms with Gasteiger partial charge in [-0.2, -0.15) is 0 Å². The molecule has 0 spiro atoms. The maximum absolute atomic E-state index is 4.72. The first-order valence-electron chi connectivity index (χ1n) is 2.07. The van der Waals surface area contributed by atoms with E-state index in [1.807, 2.05) is 6.92 Å². The smallest absolute Gasteiger partial charge is 0.129 e. The van der Waals surface area contributed by atoms with E-state index in [1.165, 1.54) is 0 Å². The van der Waals surface area contributed by atoms with Crippen LogP contribution < -0.4 is 0 Å². The Labute approximate surface area is 36.8 Å². The van der Waals surface area contributed by atoms with Gasteiger partial charge in [-0.1, -0.05) is 5.16 Å². The van der Waals surface area contributed by atoms with Gasteiger partial charge in [0.05, 0.1) is 0 Å². The fourth-order valence-corrected chi connectivity index (χ4v) is 0.381. The summed E-state index contributed by atoms with van der Waals surface area (Å²) >= 11 is 0. The summed E-state index contributed by atoms with van der Waals surface area (Å²) in [6, 6.07) is 0. The second-order valence-corrected chi connectivity index (χ2v) is 1.44. The van der Waals surface area contributed by atoms with Crippen LogP contribution in [0.4, 0.5) is 0 Å². The lowest BCUT2D eigenvalue weighted by Gasteiger charge is -1.93. The molecule has 0 amide bonds. The van der Waals surface area contributed by atoms with Crippen LogP contribution in [0.2, 0.25) is 0 Å². The first-order chi connectivity index (χ1) is 2.89. The van der Waals surface area contributed by atoms with Gasteiger partial charge in [0.2, 0.25) is 0 Å². The summed E-state index contributed by atoms with van der Waals surface area (Å²) in [6.45, 7) is 1.99. The molecule has 0 N–H and O–H groups in total. The van der Waals surface area contributed by atoms with E-state index in [2.05, 4.69) is 5.16 Å². The van der Waals surface area contributed by atoms with Crippen molar-refractivity contribution in [3.8, 4) is 0 Å². The molecule has 0 saturated carbocycles. The van der Waals surface area contributed by atoms with Crippen LogP contribution in [0.5, 0.6) is 0 Å². The minimum absolute atomic E-state index is 0.324. The molecular formula is C4H7NO. The first-order valence-corrected chi connectivity index (χ1v) is 2.07. The average molecular weight is 85.1 g/mol. The van der Waals surface area contributed by atoms with Crippen molar-refractivity contribution in [2.24, 2.45) is 5.16 Å². The lowest BCUT2D eigenvalue weighted by molar-refractivity contribution is 0.0996. The van der Waals surface area contributed by atoms with Gasteiger partial charge in [-0.25, -0.2) is 0 Å². The van der Waals surface area contributed by atoms with Crippen molar-refractivity contribution in [3.05, 3.63) is 0 Å². The molecule has 1 rings (SSSR count). The highest BCUT2D eigenvalue weighted by atomic mass is 16.6. The topological polar surface area (TPSA) is 21.6 Å². The molecule has 1 heterocycles. The maximum atomic E-state index is 4.72. The molecule has 0 aromatic carbocycles. The van der Waals surface area contributed by atoms with E-state index < -0.39 is 0 Å². The third-order valence-corrected chi connectivity index (χ3v) is 0.753. The van der Waals surface area contributed by atoms with Crippen LogP contribution in [0.25, 0.3) is 0 Å². The normalized spacial score (nSPS) is 30.5. The van der Waals surface area contributed by atoms with Crippen molar-refractivity contribution >= 4 is 6.21 Å². The minimum atomic E-state index is 0.324. The van der Waals surface area contributed by atoms with Gasteiger partial charge in [0.15, 0.2) is 0 Å². The summed E-state index contributed by atoms with van der Waals surface area (Å²) < 4.78 is 0. The molecule has 0 aromatic rings. The molecule has 0 aliphatic carbocycles. The Balaban J connectivity index is 2.32. The molecule has 1 aliphatic rings. The fraction of sp³-hybridized carbons (Fsp3) is 0.750. The summed E-state index contributed by atoms with van der Waals surface area (Å²) in [5, 5.41) is 3.54. The van der Waals surface area contributed by atoms with Crippen molar-refractivity contribution in [2.45, 2.75) is 19.4 Å². The zero-order chi connectivity index (χ0) is 4.41. The number of hydrogen-bond donors (Lipinski definition) is 0. The minimum Gasteiger partial charge on any atom is -0.393 e. The fourth-order valence-electron chi connectivity index (χ4n) is 0.381. The molecule has 0 saturated heterocycles. The molecule has 0 bridgehead atoms. The average Bonchev–Trinajstić information content (AvgIpc) is 1.86. The molecule has 0 fully saturated rings. The molecule has 1 atom stereocenters. The van der Waals surface area contributed by atoms with E-state index in [4.69, 9.17) is 4.84 Å². The molecular weight excluding hydrogens is 78.0 g/mol. The van der Waals surface area contributed by atoms with Crippen molar-refractivity contribution < 1.29 is 4.84 Å². The van der Waals surface area contributed by atoms with Gasteiger partial charge in [-0.15, -0.1) is 0 Å². The van der Waals surface area contributed by atoms with Crippen LogP contribution in [-0.2, 0) is 4.84 Å². The highest BCUT2D eigenvalue weighted by Gasteiger charge is 2.02. The molecule has 34 valence electrons. The molecule has 1 unspecified atom stereocenters. The largest absolute Gasteiger partial charge is 0.393 e.